The molecule has 116 valence electrons. The zero-order valence-electron chi connectivity index (χ0n) is 13.1. The van der Waals surface area contributed by atoms with Crippen molar-refractivity contribution in [1.29, 1.82) is 5.26 Å². The van der Waals surface area contributed by atoms with Gasteiger partial charge in [0.25, 0.3) is 0 Å². The van der Waals surface area contributed by atoms with Crippen molar-refractivity contribution >= 4 is 0 Å². The first kappa shape index (κ1) is 15.5. The smallest absolute Gasteiger partial charge is 0.0991 e. The summed E-state index contributed by atoms with van der Waals surface area (Å²) in [6, 6.07) is 18.6. The van der Waals surface area contributed by atoms with Gasteiger partial charge in [0, 0.05) is 0 Å². The van der Waals surface area contributed by atoms with Crippen molar-refractivity contribution in [2.45, 2.75) is 31.6 Å². The highest BCUT2D eigenvalue weighted by Gasteiger charge is 2.20. The number of nitriles is 1. The molecular weight excluding hydrogens is 285 g/mol. The molecule has 0 aliphatic heterocycles. The summed E-state index contributed by atoms with van der Waals surface area (Å²) in [5.41, 5.74) is 4.37. The molecule has 0 saturated heterocycles. The summed E-state index contributed by atoms with van der Waals surface area (Å²) >= 11 is 0. The Bertz CT molecular complexity index is 699. The Morgan fingerprint density at radius 3 is 1.96 bits per heavy atom. The van der Waals surface area contributed by atoms with Crippen molar-refractivity contribution in [3.63, 3.8) is 0 Å². The Balaban J connectivity index is 1.69. The standard InChI is InChI=1S/C21H20FN/c22-14-13-16-1-5-18(6-2-16)20-9-11-21(12-10-20)19-7-3-17(15-23)4-8-19/h3-4,7-14,16,18H,1-2,5-6H2. The Hall–Kier alpha value is -2.40. The van der Waals surface area contributed by atoms with Crippen LogP contribution in [0, 0.1) is 17.2 Å². The summed E-state index contributed by atoms with van der Waals surface area (Å²) in [6.45, 7) is 0. The van der Waals surface area contributed by atoms with Crippen LogP contribution >= 0.6 is 0 Å². The van der Waals surface area contributed by atoms with Crippen molar-refractivity contribution < 1.29 is 4.39 Å². The average molecular weight is 305 g/mol. The van der Waals surface area contributed by atoms with Crippen LogP contribution in [-0.2, 0) is 0 Å². The van der Waals surface area contributed by atoms with E-state index < -0.39 is 0 Å². The van der Waals surface area contributed by atoms with E-state index in [0.717, 1.165) is 31.2 Å². The minimum atomic E-state index is 0.411. The number of rotatable bonds is 3. The van der Waals surface area contributed by atoms with Gasteiger partial charge in [-0.1, -0.05) is 42.5 Å². The van der Waals surface area contributed by atoms with E-state index in [1.165, 1.54) is 11.1 Å². The number of nitrogens with zero attached hydrogens (tertiary/aromatic N) is 1. The molecule has 0 heterocycles. The Morgan fingerprint density at radius 2 is 1.43 bits per heavy atom. The number of benzene rings is 2. The third-order valence-electron chi connectivity index (χ3n) is 4.85. The minimum absolute atomic E-state index is 0.411. The highest BCUT2D eigenvalue weighted by Crippen LogP contribution is 2.36. The van der Waals surface area contributed by atoms with Gasteiger partial charge in [0.05, 0.1) is 18.0 Å². The highest BCUT2D eigenvalue weighted by molar-refractivity contribution is 5.64. The molecule has 1 fully saturated rings. The molecule has 0 spiro atoms. The highest BCUT2D eigenvalue weighted by atomic mass is 19.1. The van der Waals surface area contributed by atoms with Gasteiger partial charge in [-0.15, -0.1) is 0 Å². The lowest BCUT2D eigenvalue weighted by molar-refractivity contribution is 0.373. The molecular formula is C21H20FN. The predicted octanol–water partition coefficient (Wildman–Crippen LogP) is 5.98. The molecule has 1 aliphatic rings. The molecule has 2 aromatic carbocycles. The lowest BCUT2D eigenvalue weighted by Gasteiger charge is -2.27. The first-order valence-electron chi connectivity index (χ1n) is 8.17. The van der Waals surface area contributed by atoms with E-state index in [1.54, 1.807) is 6.08 Å². The van der Waals surface area contributed by atoms with E-state index in [1.807, 2.05) is 24.3 Å². The van der Waals surface area contributed by atoms with Crippen molar-refractivity contribution in [1.82, 2.24) is 0 Å². The third kappa shape index (κ3) is 3.68. The number of halogens is 1. The second kappa shape index (κ2) is 7.24. The van der Waals surface area contributed by atoms with Crippen molar-refractivity contribution in [3.8, 4) is 17.2 Å². The zero-order chi connectivity index (χ0) is 16.1. The zero-order valence-corrected chi connectivity index (χ0v) is 13.1. The van der Waals surface area contributed by atoms with Crippen molar-refractivity contribution in [3.05, 3.63) is 72.1 Å². The van der Waals surface area contributed by atoms with Crippen molar-refractivity contribution in [2.24, 2.45) is 5.92 Å². The lowest BCUT2D eigenvalue weighted by Crippen LogP contribution is -2.11. The Morgan fingerprint density at radius 1 is 0.870 bits per heavy atom. The van der Waals surface area contributed by atoms with Crippen LogP contribution in [-0.4, -0.2) is 0 Å². The number of allylic oxidation sites excluding steroid dienone is 1. The molecule has 2 heteroatoms. The van der Waals surface area contributed by atoms with Crippen LogP contribution in [0.15, 0.2) is 60.9 Å². The van der Waals surface area contributed by atoms with E-state index in [9.17, 15) is 4.39 Å². The predicted molar refractivity (Wildman–Crippen MR) is 91.5 cm³/mol. The van der Waals surface area contributed by atoms with Crippen LogP contribution in [0.4, 0.5) is 4.39 Å². The molecule has 3 rings (SSSR count). The first-order valence-corrected chi connectivity index (χ1v) is 8.17. The second-order valence-corrected chi connectivity index (χ2v) is 6.24. The SMILES string of the molecule is N#Cc1ccc(-c2ccc(C3CCC(C=CF)CC3)cc2)cc1. The molecule has 0 N–H and O–H groups in total. The van der Waals surface area contributed by atoms with Crippen LogP contribution < -0.4 is 0 Å². The maximum atomic E-state index is 12.3. The fourth-order valence-electron chi connectivity index (χ4n) is 3.43. The molecule has 0 radical (unpaired) electrons. The molecule has 0 unspecified atom stereocenters. The van der Waals surface area contributed by atoms with E-state index in [-0.39, 0.29) is 0 Å². The van der Waals surface area contributed by atoms with E-state index in [2.05, 4.69) is 30.3 Å². The molecule has 0 atom stereocenters. The molecule has 0 aromatic heterocycles. The lowest BCUT2D eigenvalue weighted by atomic mass is 9.78. The van der Waals surface area contributed by atoms with Gasteiger partial charge in [0.2, 0.25) is 0 Å². The van der Waals surface area contributed by atoms with Crippen LogP contribution in [0.2, 0.25) is 0 Å². The van der Waals surface area contributed by atoms with E-state index in [4.69, 9.17) is 5.26 Å². The van der Waals surface area contributed by atoms with Gasteiger partial charge in [-0.3, -0.25) is 0 Å². The third-order valence-corrected chi connectivity index (χ3v) is 4.85. The minimum Gasteiger partial charge on any atom is -0.216 e. The van der Waals surface area contributed by atoms with Gasteiger partial charge in [-0.05, 0) is 66.3 Å². The van der Waals surface area contributed by atoms with Crippen LogP contribution in [0.3, 0.4) is 0 Å². The van der Waals surface area contributed by atoms with Crippen molar-refractivity contribution in [2.75, 3.05) is 0 Å². The fourth-order valence-corrected chi connectivity index (χ4v) is 3.43. The fraction of sp³-hybridized carbons (Fsp3) is 0.286. The summed E-state index contributed by atoms with van der Waals surface area (Å²) in [5.74, 6) is 1.00. The van der Waals surface area contributed by atoms with Crippen LogP contribution in [0.5, 0.6) is 0 Å². The summed E-state index contributed by atoms with van der Waals surface area (Å²) in [7, 11) is 0. The molecule has 0 bridgehead atoms. The molecule has 1 aliphatic carbocycles. The first-order chi connectivity index (χ1) is 11.3. The van der Waals surface area contributed by atoms with Crippen LogP contribution in [0.25, 0.3) is 11.1 Å². The van der Waals surface area contributed by atoms with Gasteiger partial charge in [-0.25, -0.2) is 4.39 Å². The molecule has 2 aromatic rings. The van der Waals surface area contributed by atoms with Crippen LogP contribution in [0.1, 0.15) is 42.7 Å². The molecule has 23 heavy (non-hydrogen) atoms. The van der Waals surface area contributed by atoms with E-state index >= 15 is 0 Å². The largest absolute Gasteiger partial charge is 0.216 e. The maximum absolute atomic E-state index is 12.3. The number of hydrogen-bond acceptors (Lipinski definition) is 1. The quantitative estimate of drug-likeness (QED) is 0.684. The van der Waals surface area contributed by atoms with Gasteiger partial charge < -0.3 is 0 Å². The second-order valence-electron chi connectivity index (χ2n) is 6.24. The topological polar surface area (TPSA) is 23.8 Å². The number of hydrogen-bond donors (Lipinski definition) is 0. The van der Waals surface area contributed by atoms with Gasteiger partial charge in [0.1, 0.15) is 0 Å². The maximum Gasteiger partial charge on any atom is 0.0991 e. The molecule has 1 nitrogen and oxygen atoms in total. The van der Waals surface area contributed by atoms with Gasteiger partial charge in [0.15, 0.2) is 0 Å². The van der Waals surface area contributed by atoms with Gasteiger partial charge >= 0.3 is 0 Å². The summed E-state index contributed by atoms with van der Waals surface area (Å²) in [4.78, 5) is 0. The summed E-state index contributed by atoms with van der Waals surface area (Å²) in [5, 5.41) is 8.86. The molecule has 0 amide bonds. The normalized spacial score (nSPS) is 21.2. The average Bonchev–Trinajstić information content (AvgIpc) is 2.63. The summed E-state index contributed by atoms with van der Waals surface area (Å²) in [6.07, 6.45) is 6.79. The molecule has 1 saturated carbocycles. The van der Waals surface area contributed by atoms with Gasteiger partial charge in [-0.2, -0.15) is 5.26 Å². The Labute approximate surface area is 137 Å². The summed E-state index contributed by atoms with van der Waals surface area (Å²) < 4.78 is 12.3. The monoisotopic (exact) mass is 305 g/mol. The van der Waals surface area contributed by atoms with E-state index in [0.29, 0.717) is 23.7 Å². The Kier molecular flexibility index (Phi) is 4.88.